The molecule has 2 saturated heterocycles. The van der Waals surface area contributed by atoms with E-state index in [0.29, 0.717) is 60.0 Å². The molecule has 7 nitrogen and oxygen atoms in total. The monoisotopic (exact) mass is 414 g/mol. The summed E-state index contributed by atoms with van der Waals surface area (Å²) in [6.45, 7) is 3.89. The van der Waals surface area contributed by atoms with Crippen LogP contribution in [0, 0.1) is 12.7 Å². The summed E-state index contributed by atoms with van der Waals surface area (Å²) in [7, 11) is 1.88. The van der Waals surface area contributed by atoms with Crippen LogP contribution in [0.4, 0.5) is 14.6 Å². The third kappa shape index (κ3) is 3.31. The van der Waals surface area contributed by atoms with Gasteiger partial charge < -0.3 is 14.9 Å². The number of aliphatic hydroxyl groups excluding tert-OH is 1. The first-order chi connectivity index (χ1) is 14.4. The lowest BCUT2D eigenvalue weighted by atomic mass is 9.87. The molecule has 0 bridgehead atoms. The fraction of sp³-hybridized carbons (Fsp3) is 0.476. The van der Waals surface area contributed by atoms with Gasteiger partial charge in [0.05, 0.1) is 17.8 Å². The van der Waals surface area contributed by atoms with Gasteiger partial charge in [0.15, 0.2) is 5.82 Å². The molecule has 158 valence electrons. The molecule has 9 heteroatoms. The second kappa shape index (κ2) is 7.24. The van der Waals surface area contributed by atoms with Gasteiger partial charge in [-0.1, -0.05) is 0 Å². The number of β-amino-alcohol motifs (C(OH)–C–C–N with tert-alkyl or cyclic N) is 1. The molecule has 0 saturated carbocycles. The second-order valence-electron chi connectivity index (χ2n) is 8.35. The van der Waals surface area contributed by atoms with E-state index in [9.17, 15) is 13.9 Å². The van der Waals surface area contributed by atoms with Crippen molar-refractivity contribution in [1.29, 1.82) is 0 Å². The quantitative estimate of drug-likeness (QED) is 0.709. The minimum absolute atomic E-state index is 0.303. The number of likely N-dealkylation sites (tertiary alicyclic amines) is 1. The van der Waals surface area contributed by atoms with Crippen LogP contribution in [0.25, 0.3) is 16.7 Å². The topological polar surface area (TPSA) is 70.3 Å². The second-order valence-corrected chi connectivity index (χ2v) is 8.35. The molecule has 2 aromatic heterocycles. The molecule has 0 amide bonds. The van der Waals surface area contributed by atoms with Gasteiger partial charge in [0.25, 0.3) is 0 Å². The van der Waals surface area contributed by atoms with E-state index < -0.39 is 17.9 Å². The number of hydrogen-bond donors (Lipinski definition) is 1. The first kappa shape index (κ1) is 19.3. The highest BCUT2D eigenvalue weighted by Crippen LogP contribution is 2.34. The Morgan fingerprint density at radius 3 is 2.60 bits per heavy atom. The summed E-state index contributed by atoms with van der Waals surface area (Å²) in [6, 6.07) is 4.95. The van der Waals surface area contributed by atoms with Crippen molar-refractivity contribution >= 4 is 16.7 Å². The Morgan fingerprint density at radius 1 is 1.10 bits per heavy atom. The van der Waals surface area contributed by atoms with Crippen molar-refractivity contribution in [3.8, 4) is 5.82 Å². The maximum atomic E-state index is 14.8. The molecule has 2 aliphatic rings. The summed E-state index contributed by atoms with van der Waals surface area (Å²) >= 11 is 0. The average molecular weight is 414 g/mol. The molecular formula is C21H24F2N6O. The number of alkyl halides is 1. The fourth-order valence-corrected chi connectivity index (χ4v) is 4.39. The van der Waals surface area contributed by atoms with E-state index in [1.807, 2.05) is 22.9 Å². The predicted octanol–water partition coefficient (Wildman–Crippen LogP) is 2.20. The van der Waals surface area contributed by atoms with Crippen LogP contribution >= 0.6 is 0 Å². The molecule has 0 aliphatic carbocycles. The maximum absolute atomic E-state index is 14.8. The Labute approximate surface area is 172 Å². The average Bonchev–Trinajstić information content (AvgIpc) is 3.07. The SMILES string of the molecule is Cc1nc(N2CC(O)C2)cc(-n2ncc3cc(F)c(C4CCN(C)CC4F)cc32)n1. The Bertz CT molecular complexity index is 1100. The van der Waals surface area contributed by atoms with Crippen molar-refractivity contribution in [1.82, 2.24) is 24.6 Å². The van der Waals surface area contributed by atoms with Crippen LogP contribution in [-0.2, 0) is 0 Å². The highest BCUT2D eigenvalue weighted by atomic mass is 19.1. The lowest BCUT2D eigenvalue weighted by Gasteiger charge is -2.36. The lowest BCUT2D eigenvalue weighted by Crippen LogP contribution is -2.51. The first-order valence-electron chi connectivity index (χ1n) is 10.2. The van der Waals surface area contributed by atoms with E-state index in [-0.39, 0.29) is 6.10 Å². The van der Waals surface area contributed by atoms with E-state index >= 15 is 0 Å². The summed E-state index contributed by atoms with van der Waals surface area (Å²) in [6.07, 6.45) is 0.706. The van der Waals surface area contributed by atoms with Crippen molar-refractivity contribution < 1.29 is 13.9 Å². The summed E-state index contributed by atoms with van der Waals surface area (Å²) in [5.74, 6) is 0.987. The molecule has 2 fully saturated rings. The number of benzene rings is 1. The smallest absolute Gasteiger partial charge is 0.159 e. The Balaban J connectivity index is 1.56. The van der Waals surface area contributed by atoms with Crippen LogP contribution in [0.3, 0.4) is 0 Å². The van der Waals surface area contributed by atoms with Crippen LogP contribution in [0.5, 0.6) is 0 Å². The van der Waals surface area contributed by atoms with E-state index in [0.717, 1.165) is 6.54 Å². The maximum Gasteiger partial charge on any atom is 0.159 e. The third-order valence-electron chi connectivity index (χ3n) is 6.04. The molecule has 30 heavy (non-hydrogen) atoms. The van der Waals surface area contributed by atoms with Gasteiger partial charge in [-0.15, -0.1) is 0 Å². The Hall–Kier alpha value is -2.65. The fourth-order valence-electron chi connectivity index (χ4n) is 4.39. The number of fused-ring (bicyclic) bond motifs is 1. The van der Waals surface area contributed by atoms with Crippen molar-refractivity contribution in [2.45, 2.75) is 31.5 Å². The van der Waals surface area contributed by atoms with E-state index in [1.165, 1.54) is 6.07 Å². The zero-order valence-corrected chi connectivity index (χ0v) is 17.0. The molecule has 2 aliphatic heterocycles. The zero-order chi connectivity index (χ0) is 21.0. The molecule has 4 heterocycles. The normalized spacial score (nSPS) is 23.2. The third-order valence-corrected chi connectivity index (χ3v) is 6.04. The molecule has 0 radical (unpaired) electrons. The number of halogens is 2. The minimum Gasteiger partial charge on any atom is -0.389 e. The zero-order valence-electron chi connectivity index (χ0n) is 17.0. The molecule has 2 atom stereocenters. The largest absolute Gasteiger partial charge is 0.389 e. The number of hydrogen-bond acceptors (Lipinski definition) is 6. The summed E-state index contributed by atoms with van der Waals surface area (Å²) < 4.78 is 31.2. The van der Waals surface area contributed by atoms with Gasteiger partial charge in [-0.2, -0.15) is 5.10 Å². The predicted molar refractivity (Wildman–Crippen MR) is 109 cm³/mol. The highest BCUT2D eigenvalue weighted by molar-refractivity contribution is 5.81. The molecule has 1 N–H and O–H groups in total. The number of rotatable bonds is 3. The Morgan fingerprint density at radius 2 is 1.87 bits per heavy atom. The van der Waals surface area contributed by atoms with E-state index in [4.69, 9.17) is 0 Å². The highest BCUT2D eigenvalue weighted by Gasteiger charge is 2.31. The lowest BCUT2D eigenvalue weighted by molar-refractivity contribution is 0.137. The first-order valence-corrected chi connectivity index (χ1v) is 10.2. The number of nitrogens with zero attached hydrogens (tertiary/aromatic N) is 6. The van der Waals surface area contributed by atoms with Gasteiger partial charge in [-0.05, 0) is 44.6 Å². The number of aromatic nitrogens is 4. The summed E-state index contributed by atoms with van der Waals surface area (Å²) in [5, 5.41) is 14.6. The standard InChI is InChI=1S/C21H24F2N6O/c1-12-25-20(28-9-14(30)10-28)7-21(26-12)29-19-6-16(17(22)5-13(19)8-24-29)15-3-4-27(2)11-18(15)23/h5-8,14-15,18,30H,3-4,9-11H2,1-2H3. The van der Waals surface area contributed by atoms with Gasteiger partial charge in [0, 0.05) is 37.0 Å². The van der Waals surface area contributed by atoms with Crippen LogP contribution < -0.4 is 4.90 Å². The van der Waals surface area contributed by atoms with Gasteiger partial charge in [-0.25, -0.2) is 23.4 Å². The van der Waals surface area contributed by atoms with Gasteiger partial charge >= 0.3 is 0 Å². The number of anilines is 1. The minimum atomic E-state index is -1.11. The number of aryl methyl sites for hydroxylation is 1. The van der Waals surface area contributed by atoms with Crippen molar-refractivity contribution in [3.63, 3.8) is 0 Å². The molecule has 3 aromatic rings. The van der Waals surface area contributed by atoms with Gasteiger partial charge in [-0.3, -0.25) is 0 Å². The van der Waals surface area contributed by atoms with Crippen LogP contribution in [0.2, 0.25) is 0 Å². The van der Waals surface area contributed by atoms with Crippen molar-refractivity contribution in [3.05, 3.63) is 41.6 Å². The van der Waals surface area contributed by atoms with Crippen LogP contribution in [0.15, 0.2) is 24.4 Å². The number of aliphatic hydroxyl groups is 1. The molecular weight excluding hydrogens is 390 g/mol. The van der Waals surface area contributed by atoms with Gasteiger partial charge in [0.1, 0.15) is 23.6 Å². The molecule has 0 spiro atoms. The summed E-state index contributed by atoms with van der Waals surface area (Å²) in [5.41, 5.74) is 1.08. The van der Waals surface area contributed by atoms with Crippen molar-refractivity contribution in [2.24, 2.45) is 0 Å². The molecule has 1 aromatic carbocycles. The van der Waals surface area contributed by atoms with Crippen molar-refractivity contribution in [2.75, 3.05) is 38.1 Å². The van der Waals surface area contributed by atoms with Gasteiger partial charge in [0.2, 0.25) is 0 Å². The Kier molecular flexibility index (Phi) is 4.67. The van der Waals surface area contributed by atoms with E-state index in [1.54, 1.807) is 23.9 Å². The molecule has 2 unspecified atom stereocenters. The van der Waals surface area contributed by atoms with Crippen LogP contribution in [-0.4, -0.2) is 75.3 Å². The van der Waals surface area contributed by atoms with E-state index in [2.05, 4.69) is 15.1 Å². The summed E-state index contributed by atoms with van der Waals surface area (Å²) in [4.78, 5) is 12.8. The molecule has 5 rings (SSSR count). The van der Waals surface area contributed by atoms with Crippen LogP contribution in [0.1, 0.15) is 23.7 Å². The number of piperidine rings is 1.